The summed E-state index contributed by atoms with van der Waals surface area (Å²) < 4.78 is 6.04. The maximum absolute atomic E-state index is 13.1. The van der Waals surface area contributed by atoms with Crippen molar-refractivity contribution in [3.8, 4) is 0 Å². The Morgan fingerprint density at radius 1 is 1.14 bits per heavy atom. The predicted molar refractivity (Wildman–Crippen MR) is 109 cm³/mol. The van der Waals surface area contributed by atoms with Crippen LogP contribution in [0.3, 0.4) is 0 Å². The third kappa shape index (κ3) is 3.37. The van der Waals surface area contributed by atoms with Crippen LogP contribution in [0.2, 0.25) is 0 Å². The molecule has 1 N–H and O–H groups in total. The molecule has 7 heteroatoms. The zero-order valence-corrected chi connectivity index (χ0v) is 16.6. The number of likely N-dealkylation sites (N-methyl/N-ethyl adjacent to an activating group) is 1. The average molecular weight is 383 g/mol. The molecule has 1 atom stereocenters. The summed E-state index contributed by atoms with van der Waals surface area (Å²) in [5.41, 5.74) is 1.99. The largest absolute Gasteiger partial charge is 0.423 e. The molecule has 4 saturated heterocycles. The quantitative estimate of drug-likeness (QED) is 0.872. The van der Waals surface area contributed by atoms with Gasteiger partial charge >= 0.3 is 0 Å². The molecule has 4 aliphatic rings. The molecule has 0 spiro atoms. The van der Waals surface area contributed by atoms with Crippen molar-refractivity contribution in [2.24, 2.45) is 5.92 Å². The van der Waals surface area contributed by atoms with Crippen molar-refractivity contribution in [2.45, 2.75) is 25.3 Å². The van der Waals surface area contributed by atoms with E-state index in [9.17, 15) is 4.79 Å². The first-order valence-corrected chi connectivity index (χ1v) is 10.5. The van der Waals surface area contributed by atoms with Crippen LogP contribution in [0.15, 0.2) is 22.6 Å². The van der Waals surface area contributed by atoms with Crippen LogP contribution in [-0.4, -0.2) is 79.6 Å². The van der Waals surface area contributed by atoms with E-state index in [0.29, 0.717) is 28.6 Å². The number of nitrogens with zero attached hydrogens (tertiary/aromatic N) is 4. The van der Waals surface area contributed by atoms with E-state index >= 15 is 0 Å². The minimum absolute atomic E-state index is 0.0280. The Bertz CT molecular complexity index is 858. The van der Waals surface area contributed by atoms with Gasteiger partial charge in [0.05, 0.1) is 5.56 Å². The highest BCUT2D eigenvalue weighted by atomic mass is 16.4. The summed E-state index contributed by atoms with van der Waals surface area (Å²) in [6.45, 7) is 7.21. The number of rotatable bonds is 3. The van der Waals surface area contributed by atoms with E-state index < -0.39 is 0 Å². The van der Waals surface area contributed by atoms with Gasteiger partial charge in [-0.05, 0) is 64.0 Å². The van der Waals surface area contributed by atoms with Gasteiger partial charge in [-0.3, -0.25) is 4.79 Å². The molecule has 0 aliphatic carbocycles. The normalized spacial score (nSPS) is 28.5. The van der Waals surface area contributed by atoms with Gasteiger partial charge in [-0.1, -0.05) is 6.07 Å². The van der Waals surface area contributed by atoms with Crippen molar-refractivity contribution in [3.05, 3.63) is 23.8 Å². The van der Waals surface area contributed by atoms with Crippen molar-refractivity contribution in [3.63, 3.8) is 0 Å². The summed E-state index contributed by atoms with van der Waals surface area (Å²) in [4.78, 5) is 24.8. The molecular weight excluding hydrogens is 354 g/mol. The number of hydrogen-bond acceptors (Lipinski definition) is 6. The van der Waals surface area contributed by atoms with Crippen molar-refractivity contribution in [1.29, 1.82) is 0 Å². The third-order valence-electron chi connectivity index (χ3n) is 6.62. The second-order valence-corrected chi connectivity index (χ2v) is 8.51. The Labute approximate surface area is 165 Å². The number of fused-ring (bicyclic) bond motifs is 4. The fraction of sp³-hybridized carbons (Fsp3) is 0.619. The summed E-state index contributed by atoms with van der Waals surface area (Å²) in [5, 5.41) is 3.28. The zero-order chi connectivity index (χ0) is 19.1. The first-order valence-electron chi connectivity index (χ1n) is 10.5. The third-order valence-corrected chi connectivity index (χ3v) is 6.62. The lowest BCUT2D eigenvalue weighted by atomic mass is 9.84. The molecule has 5 heterocycles. The van der Waals surface area contributed by atoms with E-state index in [4.69, 9.17) is 9.40 Å². The van der Waals surface area contributed by atoms with Crippen molar-refractivity contribution in [1.82, 2.24) is 20.1 Å². The fourth-order valence-electron chi connectivity index (χ4n) is 4.87. The number of nitrogens with one attached hydrogen (secondary N) is 1. The van der Waals surface area contributed by atoms with Gasteiger partial charge in [0.25, 0.3) is 11.9 Å². The van der Waals surface area contributed by atoms with E-state index in [2.05, 4.69) is 27.1 Å². The molecule has 1 amide bonds. The van der Waals surface area contributed by atoms with Gasteiger partial charge in [0.1, 0.15) is 5.52 Å². The molecule has 1 aromatic heterocycles. The monoisotopic (exact) mass is 383 g/mol. The lowest BCUT2D eigenvalue weighted by Gasteiger charge is -2.44. The Morgan fingerprint density at radius 3 is 2.79 bits per heavy atom. The van der Waals surface area contributed by atoms with Crippen LogP contribution in [0, 0.1) is 5.92 Å². The maximum Gasteiger partial charge on any atom is 0.298 e. The minimum atomic E-state index is -0.0280. The molecule has 6 rings (SSSR count). The van der Waals surface area contributed by atoms with Crippen LogP contribution in [0.1, 0.15) is 29.6 Å². The molecule has 2 bridgehead atoms. The van der Waals surface area contributed by atoms with Gasteiger partial charge in [-0.25, -0.2) is 0 Å². The fourth-order valence-corrected chi connectivity index (χ4v) is 4.87. The highest BCUT2D eigenvalue weighted by molar-refractivity contribution is 6.04. The standard InChI is InChI=1S/C21H29N5O2/c1-24-8-3-9-26(13-12-24)21-23-19-16(4-2-5-18(19)28-21)20(27)22-17-14-25-10-6-15(17)7-11-25/h2,4-5,15,17H,3,6-14H2,1H3,(H,22,27)/t17-/m1/s1. The van der Waals surface area contributed by atoms with Crippen LogP contribution >= 0.6 is 0 Å². The van der Waals surface area contributed by atoms with Crippen LogP contribution in [0.5, 0.6) is 0 Å². The van der Waals surface area contributed by atoms with E-state index in [1.165, 1.54) is 25.9 Å². The highest BCUT2D eigenvalue weighted by Gasteiger charge is 2.35. The Balaban J connectivity index is 1.37. The topological polar surface area (TPSA) is 64.8 Å². The number of benzene rings is 1. The van der Waals surface area contributed by atoms with Crippen molar-refractivity contribution < 1.29 is 9.21 Å². The summed E-state index contributed by atoms with van der Waals surface area (Å²) in [5.74, 6) is 0.579. The Hall–Kier alpha value is -2.12. The van der Waals surface area contributed by atoms with Crippen LogP contribution in [-0.2, 0) is 0 Å². The number of oxazole rings is 1. The van der Waals surface area contributed by atoms with E-state index in [1.807, 2.05) is 18.2 Å². The highest BCUT2D eigenvalue weighted by Crippen LogP contribution is 2.29. The number of aromatic nitrogens is 1. The van der Waals surface area contributed by atoms with Gasteiger partial charge in [0.2, 0.25) is 0 Å². The molecule has 2 aromatic rings. The van der Waals surface area contributed by atoms with Crippen molar-refractivity contribution >= 4 is 23.0 Å². The summed E-state index contributed by atoms with van der Waals surface area (Å²) in [6.07, 6.45) is 3.46. The van der Waals surface area contributed by atoms with Gasteiger partial charge in [-0.2, -0.15) is 4.98 Å². The molecule has 0 unspecified atom stereocenters. The van der Waals surface area contributed by atoms with Gasteiger partial charge in [0, 0.05) is 32.2 Å². The van der Waals surface area contributed by atoms with E-state index in [1.54, 1.807) is 0 Å². The molecule has 7 nitrogen and oxygen atoms in total. The second-order valence-electron chi connectivity index (χ2n) is 8.51. The molecule has 0 saturated carbocycles. The molecule has 28 heavy (non-hydrogen) atoms. The Morgan fingerprint density at radius 2 is 2.00 bits per heavy atom. The molecule has 4 aliphatic heterocycles. The molecule has 4 fully saturated rings. The molecule has 0 radical (unpaired) electrons. The van der Waals surface area contributed by atoms with Crippen molar-refractivity contribution in [2.75, 3.05) is 57.8 Å². The first kappa shape index (κ1) is 17.9. The van der Waals surface area contributed by atoms with E-state index in [-0.39, 0.29) is 11.9 Å². The number of anilines is 1. The first-order chi connectivity index (χ1) is 13.7. The predicted octanol–water partition coefficient (Wildman–Crippen LogP) is 1.79. The second kappa shape index (κ2) is 7.37. The lowest BCUT2D eigenvalue weighted by molar-refractivity contribution is 0.0621. The number of hydrogen-bond donors (Lipinski definition) is 1. The van der Waals surface area contributed by atoms with Crippen LogP contribution in [0.4, 0.5) is 6.01 Å². The number of amides is 1. The number of para-hydroxylation sites is 1. The smallest absolute Gasteiger partial charge is 0.298 e. The van der Waals surface area contributed by atoms with Gasteiger partial charge < -0.3 is 24.4 Å². The van der Waals surface area contributed by atoms with E-state index in [0.717, 1.165) is 39.1 Å². The maximum atomic E-state index is 13.1. The SMILES string of the molecule is CN1CCCN(c2nc3c(C(=O)N[C@@H]4CN5CCC4CC5)cccc3o2)CC1. The average Bonchev–Trinajstić information content (AvgIpc) is 3.03. The number of piperidine rings is 3. The minimum Gasteiger partial charge on any atom is -0.423 e. The molecule has 150 valence electrons. The molecular formula is C21H29N5O2. The van der Waals surface area contributed by atoms with Gasteiger partial charge in [0.15, 0.2) is 5.58 Å². The number of carbonyl (C=O) groups excluding carboxylic acids is 1. The Kier molecular flexibility index (Phi) is 4.72. The number of carbonyl (C=O) groups is 1. The van der Waals surface area contributed by atoms with Gasteiger partial charge in [-0.15, -0.1) is 0 Å². The molecule has 1 aromatic carbocycles. The van der Waals surface area contributed by atoms with Crippen LogP contribution < -0.4 is 10.2 Å². The van der Waals surface area contributed by atoms with Crippen LogP contribution in [0.25, 0.3) is 11.1 Å². The lowest BCUT2D eigenvalue weighted by Crippen LogP contribution is -2.57. The summed E-state index contributed by atoms with van der Waals surface area (Å²) in [6, 6.07) is 6.53. The zero-order valence-electron chi connectivity index (χ0n) is 16.6. The summed E-state index contributed by atoms with van der Waals surface area (Å²) >= 11 is 0. The summed E-state index contributed by atoms with van der Waals surface area (Å²) in [7, 11) is 2.15.